The Hall–Kier alpha value is -0.790. The van der Waals surface area contributed by atoms with Gasteiger partial charge in [0.25, 0.3) is 0 Å². The number of amides is 1. The molecule has 0 heterocycles. The Morgan fingerprint density at radius 1 is 1.29 bits per heavy atom. The fraction of sp³-hybridized carbons (Fsp3) is 0.750. The molecule has 0 fully saturated rings. The van der Waals surface area contributed by atoms with Crippen molar-refractivity contribution in [3.63, 3.8) is 0 Å². The average molecular weight is 197 g/mol. The van der Waals surface area contributed by atoms with Crippen LogP contribution in [0.25, 0.3) is 0 Å². The Kier molecular flexibility index (Phi) is 3.92. The number of hydrogen-bond donors (Lipinski definition) is 0. The van der Waals surface area contributed by atoms with Gasteiger partial charge in [0.1, 0.15) is 0 Å². The fourth-order valence-electron chi connectivity index (χ4n) is 1.85. The first-order valence-electron chi connectivity index (χ1n) is 5.00. The van der Waals surface area contributed by atoms with E-state index in [1.165, 1.54) is 6.08 Å². The number of nitrogens with zero attached hydrogens (tertiary/aromatic N) is 1. The van der Waals surface area contributed by atoms with Crippen molar-refractivity contribution >= 4 is 5.91 Å². The van der Waals surface area contributed by atoms with Crippen molar-refractivity contribution in [1.82, 2.24) is 4.90 Å². The van der Waals surface area contributed by atoms with Crippen LogP contribution in [-0.2, 0) is 4.79 Å². The number of carbonyl (C=O) groups excluding carboxylic acids is 1. The van der Waals surface area contributed by atoms with Gasteiger partial charge in [-0.2, -0.15) is 0 Å². The lowest BCUT2D eigenvalue weighted by atomic mass is 9.81. The van der Waals surface area contributed by atoms with E-state index < -0.39 is 0 Å². The lowest BCUT2D eigenvalue weighted by molar-refractivity contribution is -0.130. The second kappa shape index (κ2) is 4.16. The van der Waals surface area contributed by atoms with Crippen LogP contribution in [0.3, 0.4) is 0 Å². The molecule has 0 bridgehead atoms. The molecule has 0 aromatic heterocycles. The highest BCUT2D eigenvalue weighted by atomic mass is 16.2. The molecule has 0 spiro atoms. The largest absolute Gasteiger partial charge is 0.337 e. The van der Waals surface area contributed by atoms with Gasteiger partial charge in [0.05, 0.1) is 0 Å². The van der Waals surface area contributed by atoms with Gasteiger partial charge in [0, 0.05) is 12.6 Å². The second-order valence-corrected chi connectivity index (χ2v) is 5.65. The molecule has 0 aliphatic carbocycles. The van der Waals surface area contributed by atoms with Crippen molar-refractivity contribution in [1.29, 1.82) is 0 Å². The fourth-order valence-corrected chi connectivity index (χ4v) is 1.85. The Labute approximate surface area is 88.0 Å². The summed E-state index contributed by atoms with van der Waals surface area (Å²) >= 11 is 0. The molecule has 0 saturated heterocycles. The first-order chi connectivity index (χ1) is 6.10. The first kappa shape index (κ1) is 13.2. The van der Waals surface area contributed by atoms with Crippen molar-refractivity contribution in [2.24, 2.45) is 5.41 Å². The standard InChI is InChI=1S/C12H23NO/c1-8-10(14)13(7)12(5,6)9-11(2,3)4/h8H,1,9H2,2-7H3. The van der Waals surface area contributed by atoms with E-state index in [-0.39, 0.29) is 16.9 Å². The SMILES string of the molecule is C=CC(=O)N(C)C(C)(C)CC(C)(C)C. The molecule has 0 radical (unpaired) electrons. The van der Waals surface area contributed by atoms with Crippen LogP contribution in [0.2, 0.25) is 0 Å². The van der Waals surface area contributed by atoms with Crippen molar-refractivity contribution in [3.05, 3.63) is 12.7 Å². The lowest BCUT2D eigenvalue weighted by Gasteiger charge is -2.39. The average Bonchev–Trinajstić information content (AvgIpc) is 1.97. The number of carbonyl (C=O) groups is 1. The van der Waals surface area contributed by atoms with E-state index in [1.54, 1.807) is 4.90 Å². The molecule has 0 atom stereocenters. The molecule has 0 rings (SSSR count). The maximum absolute atomic E-state index is 11.5. The summed E-state index contributed by atoms with van der Waals surface area (Å²) in [5.41, 5.74) is 0.0999. The van der Waals surface area contributed by atoms with Gasteiger partial charge < -0.3 is 4.90 Å². The molecule has 1 amide bonds. The van der Waals surface area contributed by atoms with Crippen LogP contribution in [0, 0.1) is 5.41 Å². The predicted molar refractivity (Wildman–Crippen MR) is 61.1 cm³/mol. The van der Waals surface area contributed by atoms with E-state index in [4.69, 9.17) is 0 Å². The van der Waals surface area contributed by atoms with Gasteiger partial charge in [-0.3, -0.25) is 4.79 Å². The van der Waals surface area contributed by atoms with Crippen molar-refractivity contribution in [2.75, 3.05) is 7.05 Å². The molecule has 0 aliphatic heterocycles. The third kappa shape index (κ3) is 3.95. The zero-order valence-electron chi connectivity index (χ0n) is 10.3. The summed E-state index contributed by atoms with van der Waals surface area (Å²) in [6.07, 6.45) is 2.33. The summed E-state index contributed by atoms with van der Waals surface area (Å²) in [5, 5.41) is 0. The van der Waals surface area contributed by atoms with Gasteiger partial charge >= 0.3 is 0 Å². The molecule has 82 valence electrons. The Bertz CT molecular complexity index is 223. The van der Waals surface area contributed by atoms with Gasteiger partial charge in [-0.15, -0.1) is 0 Å². The number of hydrogen-bond acceptors (Lipinski definition) is 1. The highest BCUT2D eigenvalue weighted by Crippen LogP contribution is 2.30. The minimum Gasteiger partial charge on any atom is -0.337 e. The monoisotopic (exact) mass is 197 g/mol. The van der Waals surface area contributed by atoms with Crippen LogP contribution in [0.5, 0.6) is 0 Å². The van der Waals surface area contributed by atoms with Crippen LogP contribution in [0.4, 0.5) is 0 Å². The molecular formula is C12H23NO. The summed E-state index contributed by atoms with van der Waals surface area (Å²) in [4.78, 5) is 13.2. The Morgan fingerprint density at radius 2 is 1.71 bits per heavy atom. The van der Waals surface area contributed by atoms with E-state index in [0.717, 1.165) is 6.42 Å². The maximum atomic E-state index is 11.5. The highest BCUT2D eigenvalue weighted by molar-refractivity contribution is 5.87. The Morgan fingerprint density at radius 3 is 2.00 bits per heavy atom. The molecule has 0 aliphatic rings. The van der Waals surface area contributed by atoms with Crippen LogP contribution in [-0.4, -0.2) is 23.4 Å². The number of rotatable bonds is 3. The van der Waals surface area contributed by atoms with Crippen LogP contribution in [0.1, 0.15) is 41.0 Å². The van der Waals surface area contributed by atoms with E-state index in [2.05, 4.69) is 41.2 Å². The highest BCUT2D eigenvalue weighted by Gasteiger charge is 2.30. The molecule has 2 heteroatoms. The van der Waals surface area contributed by atoms with E-state index in [9.17, 15) is 4.79 Å². The van der Waals surface area contributed by atoms with Gasteiger partial charge in [0.15, 0.2) is 0 Å². The molecule has 0 aromatic carbocycles. The van der Waals surface area contributed by atoms with E-state index in [0.29, 0.717) is 0 Å². The molecule has 0 N–H and O–H groups in total. The number of likely N-dealkylation sites (N-methyl/N-ethyl adjacent to an activating group) is 1. The molecule has 0 saturated carbocycles. The summed E-state index contributed by atoms with van der Waals surface area (Å²) in [6.45, 7) is 14.2. The van der Waals surface area contributed by atoms with Crippen molar-refractivity contribution < 1.29 is 4.79 Å². The molecule has 14 heavy (non-hydrogen) atoms. The van der Waals surface area contributed by atoms with Crippen molar-refractivity contribution in [2.45, 2.75) is 46.6 Å². The minimum atomic E-state index is -0.122. The third-order valence-electron chi connectivity index (χ3n) is 2.38. The third-order valence-corrected chi connectivity index (χ3v) is 2.38. The molecule has 0 unspecified atom stereocenters. The quantitative estimate of drug-likeness (QED) is 0.637. The second-order valence-electron chi connectivity index (χ2n) is 5.65. The summed E-state index contributed by atoms with van der Waals surface area (Å²) in [7, 11) is 1.83. The van der Waals surface area contributed by atoms with E-state index in [1.807, 2.05) is 7.05 Å². The van der Waals surface area contributed by atoms with Crippen LogP contribution in [0.15, 0.2) is 12.7 Å². The first-order valence-corrected chi connectivity index (χ1v) is 5.00. The summed E-state index contributed by atoms with van der Waals surface area (Å²) in [5.74, 6) is -0.0146. The topological polar surface area (TPSA) is 20.3 Å². The predicted octanol–water partition coefficient (Wildman–Crippen LogP) is 2.85. The maximum Gasteiger partial charge on any atom is 0.246 e. The van der Waals surface area contributed by atoms with E-state index >= 15 is 0 Å². The van der Waals surface area contributed by atoms with Gasteiger partial charge in [-0.1, -0.05) is 27.4 Å². The minimum absolute atomic E-state index is 0.0146. The van der Waals surface area contributed by atoms with Gasteiger partial charge in [0.2, 0.25) is 5.91 Å². The lowest BCUT2D eigenvalue weighted by Crippen LogP contribution is -2.46. The molecule has 2 nitrogen and oxygen atoms in total. The molecule has 0 aromatic rings. The smallest absolute Gasteiger partial charge is 0.246 e. The normalized spacial score (nSPS) is 12.4. The van der Waals surface area contributed by atoms with Gasteiger partial charge in [-0.25, -0.2) is 0 Å². The Balaban J connectivity index is 4.61. The molecular weight excluding hydrogens is 174 g/mol. The zero-order valence-corrected chi connectivity index (χ0v) is 10.3. The summed E-state index contributed by atoms with van der Waals surface area (Å²) < 4.78 is 0. The summed E-state index contributed by atoms with van der Waals surface area (Å²) in [6, 6.07) is 0. The van der Waals surface area contributed by atoms with Crippen LogP contribution >= 0.6 is 0 Å². The van der Waals surface area contributed by atoms with Crippen LogP contribution < -0.4 is 0 Å². The van der Waals surface area contributed by atoms with Crippen molar-refractivity contribution in [3.8, 4) is 0 Å². The zero-order chi connectivity index (χ0) is 11.6. The van der Waals surface area contributed by atoms with Gasteiger partial charge in [-0.05, 0) is 31.8 Å².